The Hall–Kier alpha value is -3.57. The molecule has 2 N–H and O–H groups in total. The van der Waals surface area contributed by atoms with Gasteiger partial charge in [0.15, 0.2) is 5.76 Å². The predicted octanol–water partition coefficient (Wildman–Crippen LogP) is 5.59. The molecule has 4 rings (SSSR count). The van der Waals surface area contributed by atoms with Crippen LogP contribution in [0.3, 0.4) is 0 Å². The zero-order valence-corrected chi connectivity index (χ0v) is 15.4. The lowest BCUT2D eigenvalue weighted by molar-refractivity contribution is 0.0994. The molecule has 6 heteroatoms. The predicted molar refractivity (Wildman–Crippen MR) is 110 cm³/mol. The Kier molecular flexibility index (Phi) is 4.83. The lowest BCUT2D eigenvalue weighted by Crippen LogP contribution is -2.13. The van der Waals surface area contributed by atoms with Crippen LogP contribution in [-0.4, -0.2) is 11.8 Å². The SMILES string of the molecule is O=C(Nc1ccc(NC(=O)c2cccc3c(Cl)cccc23)cc1)c1ccco1. The van der Waals surface area contributed by atoms with Crippen LogP contribution >= 0.6 is 11.6 Å². The van der Waals surface area contributed by atoms with Gasteiger partial charge in [-0.2, -0.15) is 0 Å². The topological polar surface area (TPSA) is 71.3 Å². The maximum absolute atomic E-state index is 12.7. The fraction of sp³-hybridized carbons (Fsp3) is 0. The molecule has 4 aromatic rings. The summed E-state index contributed by atoms with van der Waals surface area (Å²) in [6.07, 6.45) is 1.44. The molecule has 0 saturated carbocycles. The molecule has 138 valence electrons. The molecule has 1 heterocycles. The summed E-state index contributed by atoms with van der Waals surface area (Å²) in [5.41, 5.74) is 1.74. The van der Waals surface area contributed by atoms with Gasteiger partial charge in [0.05, 0.1) is 6.26 Å². The summed E-state index contributed by atoms with van der Waals surface area (Å²) in [6.45, 7) is 0. The maximum Gasteiger partial charge on any atom is 0.291 e. The van der Waals surface area contributed by atoms with Crippen LogP contribution in [0.15, 0.2) is 83.5 Å². The number of rotatable bonds is 4. The smallest absolute Gasteiger partial charge is 0.291 e. The molecule has 0 aliphatic rings. The number of hydrogen-bond acceptors (Lipinski definition) is 3. The van der Waals surface area contributed by atoms with Crippen LogP contribution in [0.1, 0.15) is 20.9 Å². The van der Waals surface area contributed by atoms with Gasteiger partial charge in [-0.3, -0.25) is 9.59 Å². The highest BCUT2D eigenvalue weighted by molar-refractivity contribution is 6.36. The molecule has 0 atom stereocenters. The highest BCUT2D eigenvalue weighted by atomic mass is 35.5. The first kappa shape index (κ1) is 17.8. The van der Waals surface area contributed by atoms with Gasteiger partial charge in [0.2, 0.25) is 0 Å². The summed E-state index contributed by atoms with van der Waals surface area (Å²) in [4.78, 5) is 24.7. The lowest BCUT2D eigenvalue weighted by atomic mass is 10.0. The minimum absolute atomic E-state index is 0.229. The first-order valence-electron chi connectivity index (χ1n) is 8.55. The largest absolute Gasteiger partial charge is 0.459 e. The van der Waals surface area contributed by atoms with Crippen molar-refractivity contribution in [3.63, 3.8) is 0 Å². The van der Waals surface area contributed by atoms with Gasteiger partial charge >= 0.3 is 0 Å². The quantitative estimate of drug-likeness (QED) is 0.477. The van der Waals surface area contributed by atoms with E-state index in [0.717, 1.165) is 10.8 Å². The average molecular weight is 391 g/mol. The van der Waals surface area contributed by atoms with E-state index in [4.69, 9.17) is 16.0 Å². The zero-order chi connectivity index (χ0) is 19.5. The van der Waals surface area contributed by atoms with Gasteiger partial charge in [-0.05, 0) is 53.9 Å². The Morgan fingerprint density at radius 2 is 1.36 bits per heavy atom. The molecule has 0 spiro atoms. The van der Waals surface area contributed by atoms with Crippen molar-refractivity contribution in [2.75, 3.05) is 10.6 Å². The zero-order valence-electron chi connectivity index (χ0n) is 14.6. The van der Waals surface area contributed by atoms with Crippen LogP contribution in [0.5, 0.6) is 0 Å². The standard InChI is InChI=1S/C22H15ClN2O3/c23-19-7-2-4-16-17(19)5-1-6-18(16)21(26)24-14-9-11-15(12-10-14)25-22(27)20-8-3-13-28-20/h1-13H,(H,24,26)(H,25,27). The highest BCUT2D eigenvalue weighted by Crippen LogP contribution is 2.26. The number of nitrogens with one attached hydrogen (secondary N) is 2. The third-order valence-corrected chi connectivity index (χ3v) is 4.59. The molecule has 2 amide bonds. The second-order valence-electron chi connectivity index (χ2n) is 6.10. The lowest BCUT2D eigenvalue weighted by Gasteiger charge is -2.10. The Morgan fingerprint density at radius 1 is 0.714 bits per heavy atom. The van der Waals surface area contributed by atoms with Crippen molar-refractivity contribution in [1.82, 2.24) is 0 Å². The van der Waals surface area contributed by atoms with Crippen molar-refractivity contribution in [2.24, 2.45) is 0 Å². The first-order valence-corrected chi connectivity index (χ1v) is 8.93. The van der Waals surface area contributed by atoms with Crippen molar-refractivity contribution in [3.8, 4) is 0 Å². The summed E-state index contributed by atoms with van der Waals surface area (Å²) < 4.78 is 5.06. The van der Waals surface area contributed by atoms with E-state index in [2.05, 4.69) is 10.6 Å². The summed E-state index contributed by atoms with van der Waals surface area (Å²) in [6, 6.07) is 21.0. The molecule has 0 bridgehead atoms. The van der Waals surface area contributed by atoms with Crippen LogP contribution < -0.4 is 10.6 Å². The molecule has 0 fully saturated rings. The number of furan rings is 1. The monoisotopic (exact) mass is 390 g/mol. The first-order chi connectivity index (χ1) is 13.6. The molecule has 0 aliphatic heterocycles. The van der Waals surface area contributed by atoms with E-state index in [1.54, 1.807) is 54.6 Å². The highest BCUT2D eigenvalue weighted by Gasteiger charge is 2.12. The fourth-order valence-corrected chi connectivity index (χ4v) is 3.14. The van der Waals surface area contributed by atoms with Gasteiger partial charge in [-0.15, -0.1) is 0 Å². The maximum atomic E-state index is 12.7. The van der Waals surface area contributed by atoms with Crippen molar-refractivity contribution in [1.29, 1.82) is 0 Å². The Morgan fingerprint density at radius 3 is 2.04 bits per heavy atom. The fourth-order valence-electron chi connectivity index (χ4n) is 2.91. The van der Waals surface area contributed by atoms with E-state index in [9.17, 15) is 9.59 Å². The Bertz CT molecular complexity index is 1150. The number of benzene rings is 3. The molecule has 0 radical (unpaired) electrons. The molecular weight excluding hydrogens is 376 g/mol. The Balaban J connectivity index is 1.50. The summed E-state index contributed by atoms with van der Waals surface area (Å²) in [5, 5.41) is 7.81. The number of carbonyl (C=O) groups excluding carboxylic acids is 2. The van der Waals surface area contributed by atoms with Crippen LogP contribution in [-0.2, 0) is 0 Å². The van der Waals surface area contributed by atoms with Crippen LogP contribution in [0.25, 0.3) is 10.8 Å². The summed E-state index contributed by atoms with van der Waals surface area (Å²) >= 11 is 6.22. The van der Waals surface area contributed by atoms with Gasteiger partial charge in [0, 0.05) is 27.3 Å². The average Bonchev–Trinajstić information content (AvgIpc) is 3.24. The minimum Gasteiger partial charge on any atom is -0.459 e. The molecule has 28 heavy (non-hydrogen) atoms. The number of halogens is 1. The third kappa shape index (κ3) is 3.61. The van der Waals surface area contributed by atoms with Crippen molar-refractivity contribution >= 4 is 45.6 Å². The number of hydrogen-bond donors (Lipinski definition) is 2. The van der Waals surface area contributed by atoms with Crippen molar-refractivity contribution in [3.05, 3.63) is 95.4 Å². The van der Waals surface area contributed by atoms with Crippen LogP contribution in [0, 0.1) is 0 Å². The van der Waals surface area contributed by atoms with E-state index in [-0.39, 0.29) is 17.6 Å². The van der Waals surface area contributed by atoms with E-state index in [1.165, 1.54) is 6.26 Å². The van der Waals surface area contributed by atoms with Gasteiger partial charge in [-0.25, -0.2) is 0 Å². The molecule has 0 aliphatic carbocycles. The van der Waals surface area contributed by atoms with E-state index >= 15 is 0 Å². The molecule has 5 nitrogen and oxygen atoms in total. The normalized spacial score (nSPS) is 10.6. The molecule has 1 aromatic heterocycles. The number of carbonyl (C=O) groups is 2. The van der Waals surface area contributed by atoms with Crippen LogP contribution in [0.2, 0.25) is 5.02 Å². The minimum atomic E-state index is -0.339. The molecule has 0 unspecified atom stereocenters. The third-order valence-electron chi connectivity index (χ3n) is 4.26. The second-order valence-corrected chi connectivity index (χ2v) is 6.51. The van der Waals surface area contributed by atoms with Gasteiger partial charge in [-0.1, -0.05) is 35.9 Å². The molecular formula is C22H15ClN2O3. The Labute approximate surface area is 165 Å². The van der Waals surface area contributed by atoms with Crippen molar-refractivity contribution in [2.45, 2.75) is 0 Å². The van der Waals surface area contributed by atoms with E-state index < -0.39 is 0 Å². The number of amides is 2. The van der Waals surface area contributed by atoms with E-state index in [0.29, 0.717) is 22.0 Å². The second kappa shape index (κ2) is 7.58. The van der Waals surface area contributed by atoms with Gasteiger partial charge < -0.3 is 15.1 Å². The number of anilines is 2. The molecule has 3 aromatic carbocycles. The van der Waals surface area contributed by atoms with Crippen LogP contribution in [0.4, 0.5) is 11.4 Å². The van der Waals surface area contributed by atoms with Gasteiger partial charge in [0.25, 0.3) is 11.8 Å². The van der Waals surface area contributed by atoms with Gasteiger partial charge in [0.1, 0.15) is 0 Å². The van der Waals surface area contributed by atoms with Crippen molar-refractivity contribution < 1.29 is 14.0 Å². The summed E-state index contributed by atoms with van der Waals surface area (Å²) in [7, 11) is 0. The molecule has 0 saturated heterocycles. The number of fused-ring (bicyclic) bond motifs is 1. The van der Waals surface area contributed by atoms with E-state index in [1.807, 2.05) is 18.2 Å². The summed E-state index contributed by atoms with van der Waals surface area (Å²) in [5.74, 6) is -0.346.